The summed E-state index contributed by atoms with van der Waals surface area (Å²) in [5, 5.41) is 3.23. The number of hydrogen-bond donors (Lipinski definition) is 1. The van der Waals surface area contributed by atoms with Gasteiger partial charge in [0.25, 0.3) is 5.91 Å². The van der Waals surface area contributed by atoms with E-state index in [1.54, 1.807) is 12.3 Å². The molecule has 6 heteroatoms. The van der Waals surface area contributed by atoms with E-state index in [4.69, 9.17) is 0 Å². The Labute approximate surface area is 173 Å². The minimum Gasteiger partial charge on any atom is -0.372 e. The van der Waals surface area contributed by atoms with E-state index in [0.717, 1.165) is 50.6 Å². The van der Waals surface area contributed by atoms with Crippen LogP contribution in [0.2, 0.25) is 0 Å². The van der Waals surface area contributed by atoms with Gasteiger partial charge in [0, 0.05) is 43.8 Å². The molecule has 1 amide bonds. The summed E-state index contributed by atoms with van der Waals surface area (Å²) in [6, 6.07) is 10.1. The molecule has 0 unspecified atom stereocenters. The molecule has 0 radical (unpaired) electrons. The Morgan fingerprint density at radius 2 is 1.55 bits per heavy atom. The Morgan fingerprint density at radius 1 is 0.931 bits per heavy atom. The molecule has 4 rings (SSSR count). The van der Waals surface area contributed by atoms with Crippen molar-refractivity contribution in [2.24, 2.45) is 11.8 Å². The van der Waals surface area contributed by atoms with E-state index < -0.39 is 0 Å². The van der Waals surface area contributed by atoms with Gasteiger partial charge in [-0.25, -0.2) is 9.97 Å². The van der Waals surface area contributed by atoms with Gasteiger partial charge in [-0.2, -0.15) is 0 Å². The number of nitrogens with one attached hydrogen (secondary N) is 1. The zero-order valence-corrected chi connectivity index (χ0v) is 17.5. The number of piperidine rings is 2. The number of anilines is 3. The monoisotopic (exact) mass is 393 g/mol. The number of benzene rings is 1. The fraction of sp³-hybridized carbons (Fsp3) is 0.522. The molecule has 0 aliphatic carbocycles. The third kappa shape index (κ3) is 4.86. The van der Waals surface area contributed by atoms with Crippen molar-refractivity contribution in [2.75, 3.05) is 36.4 Å². The molecule has 2 aliphatic heterocycles. The van der Waals surface area contributed by atoms with Crippen LogP contribution in [0, 0.1) is 11.8 Å². The minimum absolute atomic E-state index is 0.00275. The molecule has 0 saturated carbocycles. The van der Waals surface area contributed by atoms with Gasteiger partial charge in [0.05, 0.1) is 0 Å². The molecule has 1 aromatic carbocycles. The van der Waals surface area contributed by atoms with Gasteiger partial charge < -0.3 is 15.1 Å². The Bertz CT molecular complexity index is 821. The molecule has 1 N–H and O–H groups in total. The van der Waals surface area contributed by atoms with Gasteiger partial charge in [0.1, 0.15) is 5.69 Å². The standard InChI is InChI=1S/C23H31N5O/c1-17-8-13-27(14-9-17)20-5-3-19(4-6-20)25-23-24-12-7-21(26-23)22(29)28-15-10-18(2)11-16-28/h3-7,12,17-18H,8-11,13-16H2,1-2H3,(H,24,25,26). The van der Waals surface area contributed by atoms with Crippen LogP contribution in [0.5, 0.6) is 0 Å². The van der Waals surface area contributed by atoms with Crippen LogP contribution >= 0.6 is 0 Å². The summed E-state index contributed by atoms with van der Waals surface area (Å²) < 4.78 is 0. The molecule has 6 nitrogen and oxygen atoms in total. The largest absolute Gasteiger partial charge is 0.372 e. The van der Waals surface area contributed by atoms with Crippen molar-refractivity contribution in [3.63, 3.8) is 0 Å². The van der Waals surface area contributed by atoms with Crippen LogP contribution in [0.3, 0.4) is 0 Å². The van der Waals surface area contributed by atoms with Crippen molar-refractivity contribution in [3.05, 3.63) is 42.2 Å². The van der Waals surface area contributed by atoms with E-state index in [0.29, 0.717) is 17.6 Å². The quantitative estimate of drug-likeness (QED) is 0.838. The Morgan fingerprint density at radius 3 is 2.21 bits per heavy atom. The highest BCUT2D eigenvalue weighted by atomic mass is 16.2. The predicted molar refractivity (Wildman–Crippen MR) is 117 cm³/mol. The summed E-state index contributed by atoms with van der Waals surface area (Å²) in [7, 11) is 0. The second-order valence-corrected chi connectivity index (χ2v) is 8.58. The Kier molecular flexibility index (Phi) is 5.97. The van der Waals surface area contributed by atoms with Crippen LogP contribution in [-0.2, 0) is 0 Å². The first kappa shape index (κ1) is 19.7. The van der Waals surface area contributed by atoms with E-state index in [1.165, 1.54) is 18.5 Å². The zero-order chi connectivity index (χ0) is 20.2. The maximum absolute atomic E-state index is 12.8. The van der Waals surface area contributed by atoms with Crippen molar-refractivity contribution < 1.29 is 4.79 Å². The number of aromatic nitrogens is 2. The highest BCUT2D eigenvalue weighted by molar-refractivity contribution is 5.92. The van der Waals surface area contributed by atoms with Gasteiger partial charge in [-0.1, -0.05) is 13.8 Å². The first-order valence-electron chi connectivity index (χ1n) is 10.8. The zero-order valence-electron chi connectivity index (χ0n) is 17.5. The highest BCUT2D eigenvalue weighted by Crippen LogP contribution is 2.25. The van der Waals surface area contributed by atoms with Crippen molar-refractivity contribution in [2.45, 2.75) is 39.5 Å². The normalized spacial score (nSPS) is 18.7. The van der Waals surface area contributed by atoms with Gasteiger partial charge in [0.15, 0.2) is 0 Å². The fourth-order valence-corrected chi connectivity index (χ4v) is 4.06. The maximum Gasteiger partial charge on any atom is 0.272 e. The molecule has 2 aromatic rings. The summed E-state index contributed by atoms with van der Waals surface area (Å²) in [6.07, 6.45) is 6.28. The van der Waals surface area contributed by atoms with Gasteiger partial charge in [-0.3, -0.25) is 4.79 Å². The molecule has 0 bridgehead atoms. The van der Waals surface area contributed by atoms with E-state index in [-0.39, 0.29) is 5.91 Å². The van der Waals surface area contributed by atoms with Crippen LogP contribution in [0.4, 0.5) is 17.3 Å². The Hall–Kier alpha value is -2.63. The summed E-state index contributed by atoms with van der Waals surface area (Å²) >= 11 is 0. The second kappa shape index (κ2) is 8.80. The van der Waals surface area contributed by atoms with E-state index in [1.807, 2.05) is 4.90 Å². The van der Waals surface area contributed by atoms with Crippen LogP contribution in [-0.4, -0.2) is 47.0 Å². The molecule has 0 atom stereocenters. The van der Waals surface area contributed by atoms with E-state index in [2.05, 4.69) is 58.3 Å². The van der Waals surface area contributed by atoms with Crippen LogP contribution in [0.15, 0.2) is 36.5 Å². The summed E-state index contributed by atoms with van der Waals surface area (Å²) in [4.78, 5) is 25.9. The van der Waals surface area contributed by atoms with Gasteiger partial charge in [-0.15, -0.1) is 0 Å². The lowest BCUT2D eigenvalue weighted by Gasteiger charge is -2.32. The number of hydrogen-bond acceptors (Lipinski definition) is 5. The number of amides is 1. The summed E-state index contributed by atoms with van der Waals surface area (Å²) in [5.41, 5.74) is 2.64. The molecule has 29 heavy (non-hydrogen) atoms. The first-order valence-corrected chi connectivity index (χ1v) is 10.8. The molecule has 1 aromatic heterocycles. The second-order valence-electron chi connectivity index (χ2n) is 8.58. The highest BCUT2D eigenvalue weighted by Gasteiger charge is 2.22. The third-order valence-corrected chi connectivity index (χ3v) is 6.22. The molecular weight excluding hydrogens is 362 g/mol. The number of rotatable bonds is 4. The van der Waals surface area contributed by atoms with Crippen molar-refractivity contribution in [3.8, 4) is 0 Å². The topological polar surface area (TPSA) is 61.4 Å². The number of carbonyl (C=O) groups excluding carboxylic acids is 1. The molecule has 3 heterocycles. The van der Waals surface area contributed by atoms with E-state index in [9.17, 15) is 4.79 Å². The lowest BCUT2D eigenvalue weighted by Crippen LogP contribution is -2.38. The lowest BCUT2D eigenvalue weighted by molar-refractivity contribution is 0.0691. The lowest BCUT2D eigenvalue weighted by atomic mass is 9.99. The SMILES string of the molecule is CC1CCN(C(=O)c2ccnc(Nc3ccc(N4CCC(C)CC4)cc3)n2)CC1. The van der Waals surface area contributed by atoms with Crippen LogP contribution in [0.25, 0.3) is 0 Å². The predicted octanol–water partition coefficient (Wildman–Crippen LogP) is 4.33. The number of carbonyl (C=O) groups is 1. The minimum atomic E-state index is -0.00275. The van der Waals surface area contributed by atoms with Crippen LogP contribution < -0.4 is 10.2 Å². The van der Waals surface area contributed by atoms with Crippen molar-refractivity contribution >= 4 is 23.2 Å². The molecule has 0 spiro atoms. The van der Waals surface area contributed by atoms with Crippen molar-refractivity contribution in [1.29, 1.82) is 0 Å². The van der Waals surface area contributed by atoms with Gasteiger partial charge in [-0.05, 0) is 67.9 Å². The molecular formula is C23H31N5O. The maximum atomic E-state index is 12.8. The smallest absolute Gasteiger partial charge is 0.272 e. The van der Waals surface area contributed by atoms with Gasteiger partial charge in [0.2, 0.25) is 5.95 Å². The average molecular weight is 394 g/mol. The first-order chi connectivity index (χ1) is 14.1. The molecule has 154 valence electrons. The molecule has 2 saturated heterocycles. The number of likely N-dealkylation sites (tertiary alicyclic amines) is 1. The summed E-state index contributed by atoms with van der Waals surface area (Å²) in [6.45, 7) is 8.43. The number of nitrogens with zero attached hydrogens (tertiary/aromatic N) is 4. The molecule has 2 aliphatic rings. The summed E-state index contributed by atoms with van der Waals surface area (Å²) in [5.74, 6) is 1.98. The molecule has 2 fully saturated rings. The van der Waals surface area contributed by atoms with Gasteiger partial charge >= 0.3 is 0 Å². The average Bonchev–Trinajstić information content (AvgIpc) is 2.75. The Balaban J connectivity index is 1.39. The third-order valence-electron chi connectivity index (χ3n) is 6.22. The fourth-order valence-electron chi connectivity index (χ4n) is 4.06. The van der Waals surface area contributed by atoms with E-state index >= 15 is 0 Å². The van der Waals surface area contributed by atoms with Crippen LogP contribution in [0.1, 0.15) is 50.0 Å². The van der Waals surface area contributed by atoms with Crippen molar-refractivity contribution in [1.82, 2.24) is 14.9 Å².